The average Bonchev–Trinajstić information content (AvgIpc) is 3.05. The molecule has 0 radical (unpaired) electrons. The van der Waals surface area contributed by atoms with E-state index in [1.165, 1.54) is 11.5 Å². The number of aliphatic hydroxyl groups is 1. The molecule has 138 valence electrons. The zero-order chi connectivity index (χ0) is 18.4. The molecule has 0 spiro atoms. The normalized spacial score (nSPS) is 11.4. The van der Waals surface area contributed by atoms with Crippen LogP contribution in [0.15, 0.2) is 42.5 Å². The number of hydrogen-bond acceptors (Lipinski definition) is 5. The Labute approximate surface area is 163 Å². The van der Waals surface area contributed by atoms with E-state index in [-0.39, 0.29) is 6.61 Å². The molecule has 1 aromatic heterocycles. The van der Waals surface area contributed by atoms with Gasteiger partial charge < -0.3 is 14.7 Å². The fraction of sp³-hybridized carbons (Fsp3) is 0.350. The molecule has 6 heteroatoms. The van der Waals surface area contributed by atoms with Crippen molar-refractivity contribution in [3.8, 4) is 17.0 Å². The second-order valence-electron chi connectivity index (χ2n) is 6.28. The highest BCUT2D eigenvalue weighted by molar-refractivity contribution is 7.13. The number of unbranched alkanes of at least 4 members (excludes halogenated alkanes) is 1. The highest BCUT2D eigenvalue weighted by atomic mass is 35.5. The number of benzene rings is 2. The summed E-state index contributed by atoms with van der Waals surface area (Å²) in [5, 5.41) is 10.7. The lowest BCUT2D eigenvalue weighted by molar-refractivity contribution is 0.215. The van der Waals surface area contributed by atoms with Crippen LogP contribution in [0.3, 0.4) is 0 Å². The molecule has 0 aliphatic heterocycles. The second-order valence-corrected chi connectivity index (χ2v) is 7.52. The first-order valence-corrected chi connectivity index (χ1v) is 9.90. The molecule has 26 heavy (non-hydrogen) atoms. The molecule has 0 aliphatic rings. The van der Waals surface area contributed by atoms with Crippen molar-refractivity contribution in [2.24, 2.45) is 0 Å². The van der Waals surface area contributed by atoms with Crippen LogP contribution in [0.5, 0.6) is 5.75 Å². The SMILES string of the molecule is CN(CCO)CCCCOc1ccc2c(-c3ccc(Cl)cc3)nsc2c1. The zero-order valence-electron chi connectivity index (χ0n) is 14.8. The molecule has 1 heterocycles. The highest BCUT2D eigenvalue weighted by Crippen LogP contribution is 2.33. The van der Waals surface area contributed by atoms with Crippen molar-refractivity contribution in [3.63, 3.8) is 0 Å². The number of fused-ring (bicyclic) bond motifs is 1. The topological polar surface area (TPSA) is 45.6 Å². The van der Waals surface area contributed by atoms with Gasteiger partial charge in [-0.15, -0.1) is 0 Å². The summed E-state index contributed by atoms with van der Waals surface area (Å²) in [6.07, 6.45) is 2.05. The molecule has 4 nitrogen and oxygen atoms in total. The van der Waals surface area contributed by atoms with E-state index in [0.29, 0.717) is 6.61 Å². The van der Waals surface area contributed by atoms with Crippen LogP contribution in [0.25, 0.3) is 21.3 Å². The largest absolute Gasteiger partial charge is 0.494 e. The summed E-state index contributed by atoms with van der Waals surface area (Å²) in [4.78, 5) is 2.13. The van der Waals surface area contributed by atoms with Gasteiger partial charge in [-0.25, -0.2) is 0 Å². The Morgan fingerprint density at radius 2 is 1.92 bits per heavy atom. The monoisotopic (exact) mass is 390 g/mol. The third-order valence-electron chi connectivity index (χ3n) is 4.25. The van der Waals surface area contributed by atoms with Crippen LogP contribution in [0.4, 0.5) is 0 Å². The van der Waals surface area contributed by atoms with Gasteiger partial charge in [0, 0.05) is 22.5 Å². The fourth-order valence-corrected chi connectivity index (χ4v) is 3.73. The van der Waals surface area contributed by atoms with Gasteiger partial charge in [-0.05, 0) is 68.3 Å². The number of ether oxygens (including phenoxy) is 1. The van der Waals surface area contributed by atoms with Gasteiger partial charge in [-0.1, -0.05) is 23.7 Å². The molecular formula is C20H23ClN2O2S. The van der Waals surface area contributed by atoms with Crippen LogP contribution in [0, 0.1) is 0 Å². The first kappa shape index (κ1) is 19.1. The molecule has 0 amide bonds. The van der Waals surface area contributed by atoms with Crippen molar-refractivity contribution < 1.29 is 9.84 Å². The van der Waals surface area contributed by atoms with Crippen LogP contribution in [-0.4, -0.2) is 47.7 Å². The maximum atomic E-state index is 8.88. The summed E-state index contributed by atoms with van der Waals surface area (Å²) in [7, 11) is 2.02. The Kier molecular flexibility index (Phi) is 6.86. The van der Waals surface area contributed by atoms with Crippen LogP contribution >= 0.6 is 23.1 Å². The van der Waals surface area contributed by atoms with E-state index in [1.54, 1.807) is 0 Å². The number of likely N-dealkylation sites (N-methyl/N-ethyl adjacent to an activating group) is 1. The molecule has 3 rings (SSSR count). The van der Waals surface area contributed by atoms with E-state index in [2.05, 4.69) is 21.4 Å². The Balaban J connectivity index is 1.57. The zero-order valence-corrected chi connectivity index (χ0v) is 16.4. The predicted octanol–water partition coefficient (Wildman–Crippen LogP) is 4.70. The molecule has 0 saturated carbocycles. The lowest BCUT2D eigenvalue weighted by atomic mass is 10.1. The molecule has 0 saturated heterocycles. The predicted molar refractivity (Wildman–Crippen MR) is 109 cm³/mol. The van der Waals surface area contributed by atoms with E-state index in [4.69, 9.17) is 21.4 Å². The van der Waals surface area contributed by atoms with E-state index in [9.17, 15) is 0 Å². The summed E-state index contributed by atoms with van der Waals surface area (Å²) in [6, 6.07) is 13.9. The van der Waals surface area contributed by atoms with Crippen LogP contribution in [0.2, 0.25) is 5.02 Å². The summed E-state index contributed by atoms with van der Waals surface area (Å²) >= 11 is 7.45. The first-order valence-electron chi connectivity index (χ1n) is 8.75. The summed E-state index contributed by atoms with van der Waals surface area (Å²) in [6.45, 7) is 2.60. The standard InChI is InChI=1S/C20H23ClN2O2S/c1-23(11-12-24)10-2-3-13-25-17-8-9-18-19(14-17)26-22-20(18)15-4-6-16(21)7-5-15/h4-9,14,24H,2-3,10-13H2,1H3. The van der Waals surface area contributed by atoms with Crippen molar-refractivity contribution in [1.82, 2.24) is 9.27 Å². The summed E-state index contributed by atoms with van der Waals surface area (Å²) in [5.41, 5.74) is 2.06. The molecule has 2 aromatic carbocycles. The van der Waals surface area contributed by atoms with E-state index < -0.39 is 0 Å². The molecule has 0 fully saturated rings. The average molecular weight is 391 g/mol. The summed E-state index contributed by atoms with van der Waals surface area (Å²) in [5.74, 6) is 0.882. The molecule has 0 atom stereocenters. The van der Waals surface area contributed by atoms with Crippen molar-refractivity contribution in [2.45, 2.75) is 12.8 Å². The third kappa shape index (κ3) is 4.95. The molecule has 0 bridgehead atoms. The van der Waals surface area contributed by atoms with Gasteiger partial charge in [0.25, 0.3) is 0 Å². The Bertz CT molecular complexity index is 835. The van der Waals surface area contributed by atoms with Crippen molar-refractivity contribution >= 4 is 33.2 Å². The van der Waals surface area contributed by atoms with Gasteiger partial charge in [0.2, 0.25) is 0 Å². The molecule has 1 N–H and O–H groups in total. The van der Waals surface area contributed by atoms with Crippen molar-refractivity contribution in [2.75, 3.05) is 33.4 Å². The highest BCUT2D eigenvalue weighted by Gasteiger charge is 2.09. The van der Waals surface area contributed by atoms with Crippen LogP contribution in [0.1, 0.15) is 12.8 Å². The number of aliphatic hydroxyl groups excluding tert-OH is 1. The maximum absolute atomic E-state index is 8.88. The molecule has 3 aromatic rings. The number of aromatic nitrogens is 1. The lowest BCUT2D eigenvalue weighted by Crippen LogP contribution is -2.23. The van der Waals surface area contributed by atoms with E-state index in [0.717, 1.165) is 58.0 Å². The van der Waals surface area contributed by atoms with Gasteiger partial charge in [-0.2, -0.15) is 4.37 Å². The van der Waals surface area contributed by atoms with Gasteiger partial charge >= 0.3 is 0 Å². The van der Waals surface area contributed by atoms with E-state index >= 15 is 0 Å². The van der Waals surface area contributed by atoms with Crippen molar-refractivity contribution in [3.05, 3.63) is 47.5 Å². The van der Waals surface area contributed by atoms with Crippen LogP contribution < -0.4 is 4.74 Å². The smallest absolute Gasteiger partial charge is 0.120 e. The minimum Gasteiger partial charge on any atom is -0.494 e. The number of halogens is 1. The van der Waals surface area contributed by atoms with Crippen LogP contribution in [-0.2, 0) is 0 Å². The summed E-state index contributed by atoms with van der Waals surface area (Å²) < 4.78 is 11.6. The van der Waals surface area contributed by atoms with Gasteiger partial charge in [0.1, 0.15) is 5.75 Å². The Hall–Kier alpha value is -1.66. The minimum atomic E-state index is 0.208. The van der Waals surface area contributed by atoms with Gasteiger partial charge in [0.05, 0.1) is 23.6 Å². The molecular weight excluding hydrogens is 368 g/mol. The number of rotatable bonds is 9. The van der Waals surface area contributed by atoms with Gasteiger partial charge in [0.15, 0.2) is 0 Å². The molecule has 0 unspecified atom stereocenters. The van der Waals surface area contributed by atoms with E-state index in [1.807, 2.05) is 37.4 Å². The number of hydrogen-bond donors (Lipinski definition) is 1. The minimum absolute atomic E-state index is 0.208. The maximum Gasteiger partial charge on any atom is 0.120 e. The first-order chi connectivity index (χ1) is 12.7. The lowest BCUT2D eigenvalue weighted by Gasteiger charge is -2.14. The number of nitrogens with zero attached hydrogens (tertiary/aromatic N) is 2. The van der Waals surface area contributed by atoms with Crippen molar-refractivity contribution in [1.29, 1.82) is 0 Å². The third-order valence-corrected chi connectivity index (χ3v) is 5.31. The molecule has 0 aliphatic carbocycles. The second kappa shape index (κ2) is 9.33. The Morgan fingerprint density at radius 1 is 1.12 bits per heavy atom. The fourth-order valence-electron chi connectivity index (χ4n) is 2.78. The Morgan fingerprint density at radius 3 is 2.69 bits per heavy atom. The van der Waals surface area contributed by atoms with Gasteiger partial charge in [-0.3, -0.25) is 0 Å². The quantitative estimate of drug-likeness (QED) is 0.538.